The van der Waals surface area contributed by atoms with Crippen LogP contribution in [0.25, 0.3) is 0 Å². The molecular formula is C19H27N5O3. The van der Waals surface area contributed by atoms with E-state index in [9.17, 15) is 9.59 Å². The maximum absolute atomic E-state index is 12.4. The Hall–Kier alpha value is -2.06. The largest absolute Gasteiger partial charge is 0.365 e. The van der Waals surface area contributed by atoms with E-state index in [-0.39, 0.29) is 36.3 Å². The number of morpholine rings is 1. The highest BCUT2D eigenvalue weighted by atomic mass is 16.5. The number of aromatic nitrogens is 2. The third kappa shape index (κ3) is 4.27. The topological polar surface area (TPSA) is 87.7 Å². The highest BCUT2D eigenvalue weighted by molar-refractivity contribution is 5.91. The quantitative estimate of drug-likeness (QED) is 0.806. The summed E-state index contributed by atoms with van der Waals surface area (Å²) in [7, 11) is 0. The highest BCUT2D eigenvalue weighted by Gasteiger charge is 2.35. The third-order valence-electron chi connectivity index (χ3n) is 5.98. The molecule has 8 nitrogen and oxygen atoms in total. The molecule has 146 valence electrons. The van der Waals surface area contributed by atoms with Crippen LogP contribution in [0.5, 0.6) is 0 Å². The van der Waals surface area contributed by atoms with Crippen molar-refractivity contribution in [3.8, 4) is 0 Å². The number of hydrogen-bond donors (Lipinski definition) is 1. The lowest BCUT2D eigenvalue weighted by atomic mass is 9.89. The lowest BCUT2D eigenvalue weighted by molar-refractivity contribution is -0.153. The van der Waals surface area contributed by atoms with Crippen LogP contribution < -0.4 is 5.32 Å². The Morgan fingerprint density at radius 2 is 2.00 bits per heavy atom. The molecule has 27 heavy (non-hydrogen) atoms. The average Bonchev–Trinajstić information content (AvgIpc) is 2.67. The van der Waals surface area contributed by atoms with E-state index >= 15 is 0 Å². The maximum atomic E-state index is 12.4. The van der Waals surface area contributed by atoms with Crippen molar-refractivity contribution < 1.29 is 14.3 Å². The molecule has 1 N–H and O–H groups in total. The summed E-state index contributed by atoms with van der Waals surface area (Å²) in [5.74, 6) is -0.211. The number of carbonyl (C=O) groups excluding carboxylic acids is 2. The van der Waals surface area contributed by atoms with E-state index in [4.69, 9.17) is 4.74 Å². The average molecular weight is 373 g/mol. The Balaban J connectivity index is 1.27. The van der Waals surface area contributed by atoms with E-state index in [0.717, 1.165) is 32.0 Å². The second-order valence-corrected chi connectivity index (χ2v) is 7.63. The molecule has 1 atom stereocenters. The Morgan fingerprint density at radius 3 is 2.67 bits per heavy atom. The first kappa shape index (κ1) is 18.3. The van der Waals surface area contributed by atoms with E-state index in [1.807, 2.05) is 4.90 Å². The molecular weight excluding hydrogens is 346 g/mol. The van der Waals surface area contributed by atoms with Crippen LogP contribution in [0.3, 0.4) is 0 Å². The third-order valence-corrected chi connectivity index (χ3v) is 5.98. The van der Waals surface area contributed by atoms with Gasteiger partial charge in [-0.1, -0.05) is 6.42 Å². The van der Waals surface area contributed by atoms with Gasteiger partial charge in [-0.25, -0.2) is 4.98 Å². The molecule has 1 aromatic heterocycles. The van der Waals surface area contributed by atoms with Crippen molar-refractivity contribution in [2.75, 3.05) is 32.8 Å². The van der Waals surface area contributed by atoms with E-state index in [1.54, 1.807) is 0 Å². The molecule has 0 aromatic carbocycles. The summed E-state index contributed by atoms with van der Waals surface area (Å²) in [5.41, 5.74) is 0.282. The fourth-order valence-corrected chi connectivity index (χ4v) is 4.15. The van der Waals surface area contributed by atoms with Crippen LogP contribution >= 0.6 is 0 Å². The molecule has 0 unspecified atom stereocenters. The number of ether oxygens (including phenoxy) is 1. The minimum Gasteiger partial charge on any atom is -0.365 e. The van der Waals surface area contributed by atoms with Crippen LogP contribution in [0.4, 0.5) is 0 Å². The predicted octanol–water partition coefficient (Wildman–Crippen LogP) is 0.451. The summed E-state index contributed by atoms with van der Waals surface area (Å²) in [6.07, 6.45) is 10.3. The number of hydrogen-bond acceptors (Lipinski definition) is 6. The zero-order valence-corrected chi connectivity index (χ0v) is 15.5. The van der Waals surface area contributed by atoms with Gasteiger partial charge in [-0.05, 0) is 25.7 Å². The highest BCUT2D eigenvalue weighted by Crippen LogP contribution is 2.29. The molecule has 3 aliphatic rings. The number of nitrogens with one attached hydrogen (secondary N) is 1. The standard InChI is InChI=1S/C19H27N5O3/c25-18-13-27-16(10-22-19(26)17-11-20-6-7-21-17)12-24(18)15-4-8-23(9-5-15)14-2-1-3-14/h6-7,11,14-16H,1-5,8-10,12-13H2,(H,22,26)/t16-/m1/s1. The Morgan fingerprint density at radius 1 is 1.19 bits per heavy atom. The second-order valence-electron chi connectivity index (χ2n) is 7.63. The lowest BCUT2D eigenvalue weighted by Gasteiger charge is -2.45. The van der Waals surface area contributed by atoms with Crippen LogP contribution in [-0.4, -0.2) is 82.6 Å². The van der Waals surface area contributed by atoms with Crippen molar-refractivity contribution in [3.63, 3.8) is 0 Å². The SMILES string of the molecule is O=C(NC[C@@H]1CN(C2CCN(C3CCC3)CC2)C(=O)CO1)c1cnccn1. The molecule has 4 rings (SSSR count). The molecule has 0 bridgehead atoms. The van der Waals surface area contributed by atoms with Gasteiger partial charge < -0.3 is 19.9 Å². The summed E-state index contributed by atoms with van der Waals surface area (Å²) < 4.78 is 5.63. The number of rotatable bonds is 5. The molecule has 2 saturated heterocycles. The first-order chi connectivity index (χ1) is 13.2. The molecule has 0 spiro atoms. The fraction of sp³-hybridized carbons (Fsp3) is 0.684. The van der Waals surface area contributed by atoms with Gasteiger partial charge in [0.25, 0.3) is 5.91 Å². The Labute approximate surface area is 159 Å². The molecule has 1 aromatic rings. The smallest absolute Gasteiger partial charge is 0.271 e. The molecule has 2 amide bonds. The van der Waals surface area contributed by atoms with Crippen LogP contribution in [0, 0.1) is 0 Å². The number of likely N-dealkylation sites (tertiary alicyclic amines) is 1. The molecule has 1 saturated carbocycles. The molecule has 0 radical (unpaired) electrons. The van der Waals surface area contributed by atoms with Crippen molar-refractivity contribution in [1.82, 2.24) is 25.1 Å². The predicted molar refractivity (Wildman–Crippen MR) is 98.1 cm³/mol. The number of carbonyl (C=O) groups is 2. The van der Waals surface area contributed by atoms with Crippen molar-refractivity contribution in [2.45, 2.75) is 50.3 Å². The van der Waals surface area contributed by atoms with Crippen molar-refractivity contribution in [2.24, 2.45) is 0 Å². The van der Waals surface area contributed by atoms with Gasteiger partial charge in [0.2, 0.25) is 5.91 Å². The summed E-state index contributed by atoms with van der Waals surface area (Å²) in [5, 5.41) is 2.83. The summed E-state index contributed by atoms with van der Waals surface area (Å²) >= 11 is 0. The molecule has 2 aliphatic heterocycles. The van der Waals surface area contributed by atoms with Gasteiger partial charge in [0.1, 0.15) is 12.3 Å². The Bertz CT molecular complexity index is 659. The van der Waals surface area contributed by atoms with Crippen LogP contribution in [0.2, 0.25) is 0 Å². The monoisotopic (exact) mass is 373 g/mol. The van der Waals surface area contributed by atoms with Crippen LogP contribution in [-0.2, 0) is 9.53 Å². The normalized spacial score (nSPS) is 25.3. The van der Waals surface area contributed by atoms with E-state index in [2.05, 4.69) is 20.2 Å². The van der Waals surface area contributed by atoms with Crippen molar-refractivity contribution >= 4 is 11.8 Å². The summed E-state index contributed by atoms with van der Waals surface area (Å²) in [4.78, 5) is 36.9. The molecule has 1 aliphatic carbocycles. The Kier molecular flexibility index (Phi) is 5.63. The minimum absolute atomic E-state index is 0.0635. The van der Waals surface area contributed by atoms with Gasteiger partial charge in [0.15, 0.2) is 0 Å². The van der Waals surface area contributed by atoms with Gasteiger partial charge in [-0.3, -0.25) is 14.6 Å². The van der Waals surface area contributed by atoms with Gasteiger partial charge in [0.05, 0.1) is 12.3 Å². The van der Waals surface area contributed by atoms with Crippen molar-refractivity contribution in [1.29, 1.82) is 0 Å². The molecule has 3 fully saturated rings. The number of piperidine rings is 1. The summed E-state index contributed by atoms with van der Waals surface area (Å²) in [6, 6.07) is 1.06. The molecule has 3 heterocycles. The molecule has 8 heteroatoms. The number of amides is 2. The number of nitrogens with zero attached hydrogens (tertiary/aromatic N) is 4. The van der Waals surface area contributed by atoms with E-state index in [1.165, 1.54) is 37.9 Å². The first-order valence-corrected chi connectivity index (χ1v) is 9.90. The van der Waals surface area contributed by atoms with E-state index < -0.39 is 0 Å². The van der Waals surface area contributed by atoms with Crippen molar-refractivity contribution in [3.05, 3.63) is 24.3 Å². The van der Waals surface area contributed by atoms with E-state index in [0.29, 0.717) is 13.1 Å². The lowest BCUT2D eigenvalue weighted by Crippen LogP contribution is -2.57. The van der Waals surface area contributed by atoms with Crippen LogP contribution in [0.15, 0.2) is 18.6 Å². The minimum atomic E-state index is -0.274. The van der Waals surface area contributed by atoms with Crippen LogP contribution in [0.1, 0.15) is 42.6 Å². The first-order valence-electron chi connectivity index (χ1n) is 9.90. The zero-order chi connectivity index (χ0) is 18.6. The van der Waals surface area contributed by atoms with Gasteiger partial charge in [-0.2, -0.15) is 0 Å². The second kappa shape index (κ2) is 8.31. The van der Waals surface area contributed by atoms with Gasteiger partial charge in [-0.15, -0.1) is 0 Å². The fourth-order valence-electron chi connectivity index (χ4n) is 4.15. The van der Waals surface area contributed by atoms with Gasteiger partial charge >= 0.3 is 0 Å². The zero-order valence-electron chi connectivity index (χ0n) is 15.5. The maximum Gasteiger partial charge on any atom is 0.271 e. The van der Waals surface area contributed by atoms with Gasteiger partial charge in [0, 0.05) is 50.7 Å². The summed E-state index contributed by atoms with van der Waals surface area (Å²) in [6.45, 7) is 3.14.